The molecule has 1 unspecified atom stereocenters. The molecule has 0 saturated carbocycles. The number of hydrogen-bond donors (Lipinski definition) is 1. The number of aliphatic hydroxyl groups excluding tert-OH is 1. The second-order valence-corrected chi connectivity index (χ2v) is 5.52. The maximum atomic E-state index is 9.55. The molecule has 1 atom stereocenters. The highest BCUT2D eigenvalue weighted by molar-refractivity contribution is 5.94. The van der Waals surface area contributed by atoms with Gasteiger partial charge in [-0.1, -0.05) is 0 Å². The zero-order chi connectivity index (χ0) is 14.2. The number of benzene rings is 1. The Morgan fingerprint density at radius 3 is 2.86 bits per heavy atom. The van der Waals surface area contributed by atoms with Gasteiger partial charge in [-0.3, -0.25) is 0 Å². The Morgan fingerprint density at radius 2 is 2.05 bits per heavy atom. The van der Waals surface area contributed by atoms with Gasteiger partial charge in [-0.05, 0) is 36.4 Å². The van der Waals surface area contributed by atoms with Crippen LogP contribution in [0, 0.1) is 0 Å². The van der Waals surface area contributed by atoms with Crippen LogP contribution in [0.5, 0.6) is 11.5 Å². The van der Waals surface area contributed by atoms with Crippen LogP contribution < -0.4 is 14.4 Å². The lowest BCUT2D eigenvalue weighted by Gasteiger charge is -2.26. The first-order valence-electron chi connectivity index (χ1n) is 7.42. The zero-order valence-electron chi connectivity index (χ0n) is 11.8. The fraction of sp³-hybridized carbons (Fsp3) is 0.438. The molecule has 0 bridgehead atoms. The first kappa shape index (κ1) is 12.7. The van der Waals surface area contributed by atoms with Crippen molar-refractivity contribution in [3.63, 3.8) is 0 Å². The highest BCUT2D eigenvalue weighted by Crippen LogP contribution is 2.38. The molecule has 2 aliphatic rings. The third-order valence-electron chi connectivity index (χ3n) is 4.27. The van der Waals surface area contributed by atoms with Crippen LogP contribution in [0.1, 0.15) is 12.8 Å². The maximum absolute atomic E-state index is 9.55. The monoisotopic (exact) mass is 286 g/mol. The minimum atomic E-state index is 0.163. The van der Waals surface area contributed by atoms with Crippen molar-refractivity contribution in [2.45, 2.75) is 18.9 Å². The summed E-state index contributed by atoms with van der Waals surface area (Å²) < 4.78 is 11.3. The van der Waals surface area contributed by atoms with E-state index in [0.29, 0.717) is 13.2 Å². The topological polar surface area (TPSA) is 54.8 Å². The van der Waals surface area contributed by atoms with Crippen LogP contribution in [0.2, 0.25) is 0 Å². The standard InChI is InChI=1S/C16H18N2O3/c19-10-12-2-1-5-18(12)16-13-9-15-14(20-6-7-21-15)8-11(13)3-4-17-16/h3-4,8-9,12,19H,1-2,5-7,10H2. The number of hydrogen-bond acceptors (Lipinski definition) is 5. The molecule has 21 heavy (non-hydrogen) atoms. The minimum absolute atomic E-state index is 0.163. The van der Waals surface area contributed by atoms with E-state index in [4.69, 9.17) is 9.47 Å². The Morgan fingerprint density at radius 1 is 1.24 bits per heavy atom. The van der Waals surface area contributed by atoms with Gasteiger partial charge in [0.1, 0.15) is 19.0 Å². The summed E-state index contributed by atoms with van der Waals surface area (Å²) in [6, 6.07) is 6.18. The SMILES string of the molecule is OCC1CCCN1c1nccc2cc3c(cc12)OCCO3. The van der Waals surface area contributed by atoms with Gasteiger partial charge in [0.2, 0.25) is 0 Å². The van der Waals surface area contributed by atoms with Crippen molar-refractivity contribution in [1.29, 1.82) is 0 Å². The molecule has 0 spiro atoms. The molecule has 4 rings (SSSR count). The summed E-state index contributed by atoms with van der Waals surface area (Å²) >= 11 is 0. The number of fused-ring (bicyclic) bond motifs is 2. The number of aromatic nitrogens is 1. The molecule has 5 nitrogen and oxygen atoms in total. The van der Waals surface area contributed by atoms with Crippen LogP contribution in [-0.2, 0) is 0 Å². The maximum Gasteiger partial charge on any atom is 0.162 e. The third kappa shape index (κ3) is 2.08. The van der Waals surface area contributed by atoms with Crippen molar-refractivity contribution >= 4 is 16.6 Å². The van der Waals surface area contributed by atoms with Gasteiger partial charge in [-0.2, -0.15) is 0 Å². The first-order valence-corrected chi connectivity index (χ1v) is 7.42. The molecule has 0 aliphatic carbocycles. The van der Waals surface area contributed by atoms with Gasteiger partial charge in [0.25, 0.3) is 0 Å². The van der Waals surface area contributed by atoms with E-state index in [-0.39, 0.29) is 12.6 Å². The van der Waals surface area contributed by atoms with E-state index in [2.05, 4.69) is 9.88 Å². The summed E-state index contributed by atoms with van der Waals surface area (Å²) in [5.74, 6) is 2.51. The second kappa shape index (κ2) is 5.07. The van der Waals surface area contributed by atoms with Crippen LogP contribution in [0.4, 0.5) is 5.82 Å². The molecular weight excluding hydrogens is 268 g/mol. The molecule has 1 fully saturated rings. The summed E-state index contributed by atoms with van der Waals surface area (Å²) in [6.45, 7) is 2.28. The molecule has 3 heterocycles. The third-order valence-corrected chi connectivity index (χ3v) is 4.27. The van der Waals surface area contributed by atoms with Crippen molar-refractivity contribution in [3.8, 4) is 11.5 Å². The molecule has 110 valence electrons. The van der Waals surface area contributed by atoms with E-state index < -0.39 is 0 Å². The smallest absolute Gasteiger partial charge is 0.162 e. The molecule has 5 heteroatoms. The van der Waals surface area contributed by atoms with Crippen LogP contribution in [0.3, 0.4) is 0 Å². The lowest BCUT2D eigenvalue weighted by molar-refractivity contribution is 0.172. The summed E-state index contributed by atoms with van der Waals surface area (Å²) in [5, 5.41) is 11.7. The van der Waals surface area contributed by atoms with Gasteiger partial charge in [-0.25, -0.2) is 4.98 Å². The molecule has 2 aromatic rings. The van der Waals surface area contributed by atoms with Gasteiger partial charge in [-0.15, -0.1) is 0 Å². The van der Waals surface area contributed by atoms with Crippen molar-refractivity contribution < 1.29 is 14.6 Å². The number of aliphatic hydroxyl groups is 1. The largest absolute Gasteiger partial charge is 0.486 e. The molecule has 0 amide bonds. The van der Waals surface area contributed by atoms with E-state index in [1.807, 2.05) is 24.4 Å². The van der Waals surface area contributed by atoms with Crippen LogP contribution in [0.15, 0.2) is 24.4 Å². The Balaban J connectivity index is 1.85. The number of ether oxygens (including phenoxy) is 2. The van der Waals surface area contributed by atoms with Gasteiger partial charge in [0.15, 0.2) is 11.5 Å². The molecule has 0 radical (unpaired) electrons. The Labute approximate surface area is 123 Å². The number of nitrogens with zero attached hydrogens (tertiary/aromatic N) is 2. The fourth-order valence-electron chi connectivity index (χ4n) is 3.23. The van der Waals surface area contributed by atoms with Gasteiger partial charge in [0, 0.05) is 18.1 Å². The minimum Gasteiger partial charge on any atom is -0.486 e. The number of anilines is 1. The average Bonchev–Trinajstić information content (AvgIpc) is 3.00. The second-order valence-electron chi connectivity index (χ2n) is 5.52. The van der Waals surface area contributed by atoms with Gasteiger partial charge in [0.05, 0.1) is 12.6 Å². The first-order chi connectivity index (χ1) is 10.4. The highest BCUT2D eigenvalue weighted by Gasteiger charge is 2.26. The Hall–Kier alpha value is -2.01. The van der Waals surface area contributed by atoms with E-state index in [9.17, 15) is 5.11 Å². The lowest BCUT2D eigenvalue weighted by Crippen LogP contribution is -2.32. The van der Waals surface area contributed by atoms with Crippen molar-refractivity contribution in [1.82, 2.24) is 4.98 Å². The van der Waals surface area contributed by atoms with Crippen LogP contribution in [-0.4, -0.2) is 42.5 Å². The zero-order valence-corrected chi connectivity index (χ0v) is 11.8. The highest BCUT2D eigenvalue weighted by atomic mass is 16.6. The van der Waals surface area contributed by atoms with E-state index in [0.717, 1.165) is 47.5 Å². The summed E-state index contributed by atoms with van der Waals surface area (Å²) in [7, 11) is 0. The lowest BCUT2D eigenvalue weighted by atomic mass is 10.1. The Bertz CT molecular complexity index is 674. The average molecular weight is 286 g/mol. The van der Waals surface area contributed by atoms with E-state index >= 15 is 0 Å². The van der Waals surface area contributed by atoms with Crippen molar-refractivity contribution in [2.75, 3.05) is 31.3 Å². The molecule has 1 aromatic heterocycles. The summed E-state index contributed by atoms with van der Waals surface area (Å²) in [6.07, 6.45) is 3.92. The predicted molar refractivity (Wildman–Crippen MR) is 80.2 cm³/mol. The quantitative estimate of drug-likeness (QED) is 0.914. The molecular formula is C16H18N2O3. The van der Waals surface area contributed by atoms with Crippen LogP contribution >= 0.6 is 0 Å². The van der Waals surface area contributed by atoms with Gasteiger partial charge < -0.3 is 19.5 Å². The molecule has 2 aliphatic heterocycles. The van der Waals surface area contributed by atoms with Crippen molar-refractivity contribution in [2.24, 2.45) is 0 Å². The predicted octanol–water partition coefficient (Wildman–Crippen LogP) is 1.97. The van der Waals surface area contributed by atoms with Crippen molar-refractivity contribution in [3.05, 3.63) is 24.4 Å². The van der Waals surface area contributed by atoms with E-state index in [1.165, 1.54) is 0 Å². The summed E-state index contributed by atoms with van der Waals surface area (Å²) in [5.41, 5.74) is 0. The normalized spacial score (nSPS) is 21.0. The molecule has 1 saturated heterocycles. The fourth-order valence-corrected chi connectivity index (χ4v) is 3.23. The van der Waals surface area contributed by atoms with E-state index in [1.54, 1.807) is 0 Å². The number of rotatable bonds is 2. The van der Waals surface area contributed by atoms with Crippen LogP contribution in [0.25, 0.3) is 10.8 Å². The molecule has 1 N–H and O–H groups in total. The number of pyridine rings is 1. The van der Waals surface area contributed by atoms with Gasteiger partial charge >= 0.3 is 0 Å². The summed E-state index contributed by atoms with van der Waals surface area (Å²) in [4.78, 5) is 6.76. The Kier molecular flexibility index (Phi) is 3.07. The molecule has 1 aromatic carbocycles.